The molecule has 0 unspecified atom stereocenters. The van der Waals surface area contributed by atoms with Gasteiger partial charge in [-0.05, 0) is 51.9 Å². The van der Waals surface area contributed by atoms with Crippen LogP contribution in [0.4, 0.5) is 10.5 Å². The number of anilines is 1. The SMILES string of the molecule is CC(C)(C)OC(=O)N1CCC(c2nc3ncc(Cl)c(N[C@H]4[C@@H](C(N)=O)[C@@H]5C=C[C@H]4C5)c3[nH]2)CC1. The third kappa shape index (κ3) is 4.21. The summed E-state index contributed by atoms with van der Waals surface area (Å²) < 4.78 is 5.50. The number of hydrogen-bond donors (Lipinski definition) is 3. The molecule has 3 heterocycles. The van der Waals surface area contributed by atoms with Crippen LogP contribution in [-0.2, 0) is 9.53 Å². The van der Waals surface area contributed by atoms with Gasteiger partial charge in [-0.15, -0.1) is 0 Å². The number of nitrogens with one attached hydrogen (secondary N) is 2. The summed E-state index contributed by atoms with van der Waals surface area (Å²) in [6, 6.07) is -0.112. The van der Waals surface area contributed by atoms with Gasteiger partial charge in [0.2, 0.25) is 5.91 Å². The zero-order valence-corrected chi connectivity index (χ0v) is 20.4. The number of halogens is 1. The Labute approximate surface area is 203 Å². The summed E-state index contributed by atoms with van der Waals surface area (Å²) in [5.74, 6) is 0.843. The molecule has 10 heteroatoms. The number of nitrogens with zero attached hydrogens (tertiary/aromatic N) is 3. The van der Waals surface area contributed by atoms with E-state index in [1.54, 1.807) is 11.1 Å². The van der Waals surface area contributed by atoms with Gasteiger partial charge in [0.15, 0.2) is 5.65 Å². The van der Waals surface area contributed by atoms with Gasteiger partial charge in [0, 0.05) is 25.0 Å². The number of fused-ring (bicyclic) bond motifs is 3. The summed E-state index contributed by atoms with van der Waals surface area (Å²) in [5.41, 5.74) is 7.23. The van der Waals surface area contributed by atoms with E-state index in [4.69, 9.17) is 27.1 Å². The van der Waals surface area contributed by atoms with Gasteiger partial charge >= 0.3 is 6.09 Å². The molecule has 2 aromatic rings. The first-order valence-corrected chi connectivity index (χ1v) is 12.2. The second-order valence-electron chi connectivity index (χ2n) is 10.6. The molecule has 0 spiro atoms. The largest absolute Gasteiger partial charge is 0.444 e. The lowest BCUT2D eigenvalue weighted by Gasteiger charge is -2.32. The molecule has 5 rings (SSSR count). The molecule has 4 N–H and O–H groups in total. The van der Waals surface area contributed by atoms with Crippen molar-refractivity contribution < 1.29 is 14.3 Å². The molecule has 2 fully saturated rings. The number of ether oxygens (including phenoxy) is 1. The van der Waals surface area contributed by atoms with Crippen LogP contribution in [0.15, 0.2) is 18.3 Å². The van der Waals surface area contributed by atoms with Crippen LogP contribution in [0.25, 0.3) is 11.2 Å². The minimum Gasteiger partial charge on any atom is -0.444 e. The third-order valence-electron chi connectivity index (χ3n) is 7.12. The lowest BCUT2D eigenvalue weighted by molar-refractivity contribution is -0.122. The van der Waals surface area contributed by atoms with Crippen molar-refractivity contribution in [1.29, 1.82) is 0 Å². The molecular weight excluding hydrogens is 456 g/mol. The Hall–Kier alpha value is -2.81. The molecule has 2 aromatic heterocycles. The molecule has 9 nitrogen and oxygen atoms in total. The first kappa shape index (κ1) is 23.0. The van der Waals surface area contributed by atoms with Crippen molar-refractivity contribution in [2.24, 2.45) is 23.5 Å². The van der Waals surface area contributed by atoms with E-state index in [-0.39, 0.29) is 41.7 Å². The van der Waals surface area contributed by atoms with Crippen LogP contribution < -0.4 is 11.1 Å². The number of nitrogens with two attached hydrogens (primary N) is 1. The number of primary amides is 1. The Morgan fingerprint density at radius 2 is 1.94 bits per heavy atom. The highest BCUT2D eigenvalue weighted by atomic mass is 35.5. The second-order valence-corrected chi connectivity index (χ2v) is 11.0. The maximum atomic E-state index is 12.4. The van der Waals surface area contributed by atoms with Crippen LogP contribution in [0, 0.1) is 17.8 Å². The Morgan fingerprint density at radius 1 is 1.24 bits per heavy atom. The van der Waals surface area contributed by atoms with Gasteiger partial charge in [-0.2, -0.15) is 0 Å². The standard InChI is InChI=1S/C24H31ClN6O3/c1-24(2,3)34-23(33)31-8-6-12(7-9-31)21-29-19-18(15(25)11-27-22(19)30-21)28-17-14-5-4-13(10-14)16(17)20(26)32/h4-5,11-14,16-17H,6-10H2,1-3H3,(H2,26,32)(H2,27,28,29,30)/t13-,14+,16+,17-/m1/s1. The highest BCUT2D eigenvalue weighted by Crippen LogP contribution is 2.46. The summed E-state index contributed by atoms with van der Waals surface area (Å²) in [7, 11) is 0. The van der Waals surface area contributed by atoms with E-state index in [0.29, 0.717) is 29.4 Å². The zero-order chi connectivity index (χ0) is 24.2. The highest BCUT2D eigenvalue weighted by Gasteiger charge is 2.47. The van der Waals surface area contributed by atoms with Gasteiger partial charge in [0.25, 0.3) is 0 Å². The molecule has 34 heavy (non-hydrogen) atoms. The number of carbonyl (C=O) groups excluding carboxylic acids is 2. The first-order chi connectivity index (χ1) is 16.1. The molecule has 182 valence electrons. The normalized spacial score (nSPS) is 26.9. The molecule has 1 aliphatic heterocycles. The molecule has 1 saturated carbocycles. The smallest absolute Gasteiger partial charge is 0.410 e. The number of imidazole rings is 1. The van der Waals surface area contributed by atoms with Crippen LogP contribution in [-0.4, -0.2) is 56.6 Å². The average molecular weight is 487 g/mol. The van der Waals surface area contributed by atoms with Crippen LogP contribution in [0.1, 0.15) is 51.8 Å². The Balaban J connectivity index is 1.34. The number of allylic oxidation sites excluding steroid dienone is 1. The van der Waals surface area contributed by atoms with E-state index in [9.17, 15) is 9.59 Å². The summed E-state index contributed by atoms with van der Waals surface area (Å²) in [4.78, 5) is 38.9. The topological polar surface area (TPSA) is 126 Å². The highest BCUT2D eigenvalue weighted by molar-refractivity contribution is 6.34. The number of likely N-dealkylation sites (tertiary alicyclic amines) is 1. The Kier molecular flexibility index (Phi) is 5.70. The van der Waals surface area contributed by atoms with Gasteiger partial charge in [-0.1, -0.05) is 23.8 Å². The third-order valence-corrected chi connectivity index (χ3v) is 7.41. The molecule has 4 atom stereocenters. The number of amides is 2. The summed E-state index contributed by atoms with van der Waals surface area (Å²) in [6.07, 6.45) is 8.03. The zero-order valence-electron chi connectivity index (χ0n) is 19.7. The quantitative estimate of drug-likeness (QED) is 0.564. The fourth-order valence-electron chi connectivity index (χ4n) is 5.52. The minimum absolute atomic E-state index is 0.112. The number of carbonyl (C=O) groups is 2. The van der Waals surface area contributed by atoms with E-state index in [1.807, 2.05) is 20.8 Å². The van der Waals surface area contributed by atoms with Gasteiger partial charge < -0.3 is 25.7 Å². The van der Waals surface area contributed by atoms with Crippen molar-refractivity contribution in [2.45, 2.75) is 57.6 Å². The minimum atomic E-state index is -0.511. The second kappa shape index (κ2) is 8.45. The lowest BCUT2D eigenvalue weighted by atomic mass is 9.88. The fourth-order valence-corrected chi connectivity index (χ4v) is 5.72. The summed E-state index contributed by atoms with van der Waals surface area (Å²) in [6.45, 7) is 6.82. The van der Waals surface area contributed by atoms with Gasteiger partial charge in [-0.3, -0.25) is 4.79 Å². The number of H-pyrrole nitrogens is 1. The average Bonchev–Trinajstić information content (AvgIpc) is 3.49. The molecular formula is C24H31ClN6O3. The van der Waals surface area contributed by atoms with Crippen molar-refractivity contribution in [3.05, 3.63) is 29.2 Å². The predicted octanol–water partition coefficient (Wildman–Crippen LogP) is 3.81. The first-order valence-electron chi connectivity index (χ1n) is 11.9. The molecule has 2 aliphatic carbocycles. The van der Waals surface area contributed by atoms with Crippen molar-refractivity contribution >= 4 is 40.5 Å². The maximum Gasteiger partial charge on any atom is 0.410 e. The molecule has 0 aromatic carbocycles. The molecule has 0 radical (unpaired) electrons. The lowest BCUT2D eigenvalue weighted by Crippen LogP contribution is -2.41. The number of aromatic amines is 1. The van der Waals surface area contributed by atoms with Gasteiger partial charge in [0.1, 0.15) is 16.9 Å². The fraction of sp³-hybridized carbons (Fsp3) is 0.583. The number of pyridine rings is 1. The number of piperidine rings is 1. The molecule has 2 amide bonds. The summed E-state index contributed by atoms with van der Waals surface area (Å²) in [5, 5.41) is 3.98. The van der Waals surface area contributed by atoms with Crippen LogP contribution in [0.2, 0.25) is 5.02 Å². The predicted molar refractivity (Wildman–Crippen MR) is 130 cm³/mol. The van der Waals surface area contributed by atoms with Crippen LogP contribution in [0.3, 0.4) is 0 Å². The monoisotopic (exact) mass is 486 g/mol. The molecule has 3 aliphatic rings. The van der Waals surface area contributed by atoms with Crippen molar-refractivity contribution in [1.82, 2.24) is 19.9 Å². The van der Waals surface area contributed by atoms with Crippen LogP contribution in [0.5, 0.6) is 0 Å². The Bertz CT molecular complexity index is 1150. The maximum absolute atomic E-state index is 12.4. The van der Waals surface area contributed by atoms with E-state index in [2.05, 4.69) is 27.4 Å². The van der Waals surface area contributed by atoms with Crippen molar-refractivity contribution in [3.63, 3.8) is 0 Å². The van der Waals surface area contributed by atoms with Gasteiger partial charge in [0.05, 0.1) is 22.8 Å². The van der Waals surface area contributed by atoms with Crippen molar-refractivity contribution in [2.75, 3.05) is 18.4 Å². The number of aromatic nitrogens is 3. The van der Waals surface area contributed by atoms with E-state index in [1.165, 1.54) is 0 Å². The molecule has 1 saturated heterocycles. The van der Waals surface area contributed by atoms with Crippen molar-refractivity contribution in [3.8, 4) is 0 Å². The van der Waals surface area contributed by atoms with Gasteiger partial charge in [-0.25, -0.2) is 14.8 Å². The van der Waals surface area contributed by atoms with E-state index >= 15 is 0 Å². The number of hydrogen-bond acceptors (Lipinski definition) is 6. The van der Waals surface area contributed by atoms with E-state index < -0.39 is 5.60 Å². The number of rotatable bonds is 4. The summed E-state index contributed by atoms with van der Waals surface area (Å²) >= 11 is 6.55. The van der Waals surface area contributed by atoms with E-state index in [0.717, 1.165) is 30.6 Å². The Morgan fingerprint density at radius 3 is 2.62 bits per heavy atom. The van der Waals surface area contributed by atoms with Crippen LogP contribution >= 0.6 is 11.6 Å². The molecule has 2 bridgehead atoms.